The Kier molecular flexibility index (Phi) is 3.90. The molecule has 0 aliphatic carbocycles. The van der Waals surface area contributed by atoms with Gasteiger partial charge in [-0.05, 0) is 59.1 Å². The zero-order valence-electron chi connectivity index (χ0n) is 10.3. The highest BCUT2D eigenvalue weighted by Gasteiger charge is 2.23. The molecule has 1 atom stereocenters. The number of thiophene rings is 1. The summed E-state index contributed by atoms with van der Waals surface area (Å²) >= 11 is 5.09. The van der Waals surface area contributed by atoms with E-state index >= 15 is 0 Å². The smallest absolute Gasteiger partial charge is 0.126 e. The molecule has 0 bridgehead atoms. The molecule has 0 saturated heterocycles. The Hall–Kier alpha value is -0.710. The molecule has 1 heterocycles. The van der Waals surface area contributed by atoms with Crippen LogP contribution in [0.3, 0.4) is 0 Å². The van der Waals surface area contributed by atoms with E-state index in [0.717, 1.165) is 9.35 Å². The van der Waals surface area contributed by atoms with Crippen LogP contribution in [0.25, 0.3) is 0 Å². The van der Waals surface area contributed by atoms with E-state index in [1.807, 2.05) is 25.1 Å². The number of rotatable bonds is 3. The van der Waals surface area contributed by atoms with E-state index in [4.69, 9.17) is 5.73 Å². The van der Waals surface area contributed by atoms with Crippen LogP contribution in [0.2, 0.25) is 0 Å². The van der Waals surface area contributed by atoms with E-state index in [1.165, 1.54) is 10.9 Å². The quantitative estimate of drug-likeness (QED) is 0.889. The second-order valence-electron chi connectivity index (χ2n) is 4.76. The highest BCUT2D eigenvalue weighted by molar-refractivity contribution is 9.11. The molecule has 1 unspecified atom stereocenters. The molecule has 0 amide bonds. The van der Waals surface area contributed by atoms with E-state index in [2.05, 4.69) is 15.9 Å². The molecular weight excluding hydrogens is 313 g/mol. The van der Waals surface area contributed by atoms with E-state index < -0.39 is 5.54 Å². The van der Waals surface area contributed by atoms with Crippen LogP contribution in [0, 0.1) is 12.7 Å². The second-order valence-corrected chi connectivity index (χ2v) is 7.31. The zero-order valence-corrected chi connectivity index (χ0v) is 12.7. The first-order valence-electron chi connectivity index (χ1n) is 5.68. The van der Waals surface area contributed by atoms with E-state index in [0.29, 0.717) is 12.0 Å². The van der Waals surface area contributed by atoms with Gasteiger partial charge in [-0.25, -0.2) is 4.39 Å². The molecule has 2 rings (SSSR count). The van der Waals surface area contributed by atoms with Crippen molar-refractivity contribution in [2.45, 2.75) is 25.8 Å². The third kappa shape index (κ3) is 2.99. The van der Waals surface area contributed by atoms with Gasteiger partial charge in [0.15, 0.2) is 0 Å². The molecule has 0 spiro atoms. The molecule has 1 nitrogen and oxygen atoms in total. The van der Waals surface area contributed by atoms with Crippen molar-refractivity contribution in [3.8, 4) is 0 Å². The Morgan fingerprint density at radius 2 is 2.06 bits per heavy atom. The monoisotopic (exact) mass is 327 g/mol. The Labute approximate surface area is 119 Å². The van der Waals surface area contributed by atoms with Gasteiger partial charge in [-0.2, -0.15) is 0 Å². The van der Waals surface area contributed by atoms with Gasteiger partial charge in [0.2, 0.25) is 0 Å². The molecule has 96 valence electrons. The minimum atomic E-state index is -0.557. The van der Waals surface area contributed by atoms with Crippen molar-refractivity contribution >= 4 is 27.3 Å². The summed E-state index contributed by atoms with van der Waals surface area (Å²) in [6.45, 7) is 3.69. The number of aryl methyl sites for hydroxylation is 1. The van der Waals surface area contributed by atoms with Crippen molar-refractivity contribution in [2.24, 2.45) is 5.73 Å². The molecule has 0 saturated carbocycles. The molecule has 0 radical (unpaired) electrons. The van der Waals surface area contributed by atoms with Crippen LogP contribution in [0.4, 0.5) is 4.39 Å². The van der Waals surface area contributed by atoms with Crippen molar-refractivity contribution in [2.75, 3.05) is 0 Å². The average Bonchev–Trinajstić information content (AvgIpc) is 2.67. The fourth-order valence-corrected chi connectivity index (χ4v) is 3.51. The van der Waals surface area contributed by atoms with Gasteiger partial charge in [-0.1, -0.05) is 12.1 Å². The normalized spacial score (nSPS) is 14.5. The first-order chi connectivity index (χ1) is 8.38. The SMILES string of the molecule is Cc1ccc(C(C)(N)Cc2ccc(Br)s2)cc1F. The highest BCUT2D eigenvalue weighted by Crippen LogP contribution is 2.29. The molecule has 0 fully saturated rings. The van der Waals surface area contributed by atoms with Crippen LogP contribution < -0.4 is 5.73 Å². The van der Waals surface area contributed by atoms with Crippen molar-refractivity contribution < 1.29 is 4.39 Å². The van der Waals surface area contributed by atoms with Gasteiger partial charge in [0.25, 0.3) is 0 Å². The van der Waals surface area contributed by atoms with Gasteiger partial charge in [-0.3, -0.25) is 0 Å². The molecule has 1 aromatic carbocycles. The molecule has 1 aromatic heterocycles. The highest BCUT2D eigenvalue weighted by atomic mass is 79.9. The average molecular weight is 328 g/mol. The van der Waals surface area contributed by atoms with Gasteiger partial charge in [0.05, 0.1) is 3.79 Å². The first-order valence-corrected chi connectivity index (χ1v) is 7.29. The van der Waals surface area contributed by atoms with Crippen LogP contribution in [0.1, 0.15) is 22.9 Å². The van der Waals surface area contributed by atoms with E-state index in [1.54, 1.807) is 24.3 Å². The summed E-state index contributed by atoms with van der Waals surface area (Å²) in [5.41, 5.74) is 7.24. The molecule has 0 aliphatic heterocycles. The predicted octanol–water partition coefficient (Wildman–Crippen LogP) is 4.37. The number of nitrogens with two attached hydrogens (primary N) is 1. The third-order valence-corrected chi connectivity index (χ3v) is 4.63. The topological polar surface area (TPSA) is 26.0 Å². The maximum atomic E-state index is 13.6. The molecule has 4 heteroatoms. The molecule has 18 heavy (non-hydrogen) atoms. The Balaban J connectivity index is 2.26. The van der Waals surface area contributed by atoms with E-state index in [-0.39, 0.29) is 5.82 Å². The summed E-state index contributed by atoms with van der Waals surface area (Å²) in [7, 11) is 0. The van der Waals surface area contributed by atoms with Crippen LogP contribution in [0.5, 0.6) is 0 Å². The number of halogens is 2. The van der Waals surface area contributed by atoms with Gasteiger partial charge in [0.1, 0.15) is 5.82 Å². The minimum absolute atomic E-state index is 0.198. The Morgan fingerprint density at radius 3 is 2.61 bits per heavy atom. The standard InChI is InChI=1S/C14H15BrFNS/c1-9-3-4-10(7-12(9)16)14(2,17)8-11-5-6-13(15)18-11/h3-7H,8,17H2,1-2H3. The Morgan fingerprint density at radius 1 is 1.33 bits per heavy atom. The van der Waals surface area contributed by atoms with Crippen LogP contribution >= 0.6 is 27.3 Å². The van der Waals surface area contributed by atoms with Crippen molar-refractivity contribution in [3.05, 3.63) is 55.9 Å². The van der Waals surface area contributed by atoms with Crippen LogP contribution in [-0.4, -0.2) is 0 Å². The third-order valence-electron chi connectivity index (χ3n) is 3.00. The lowest BCUT2D eigenvalue weighted by molar-refractivity contribution is 0.489. The van der Waals surface area contributed by atoms with Gasteiger partial charge >= 0.3 is 0 Å². The van der Waals surface area contributed by atoms with Gasteiger partial charge < -0.3 is 5.73 Å². The molecular formula is C14H15BrFNS. The lowest BCUT2D eigenvalue weighted by atomic mass is 9.88. The molecule has 0 aliphatic rings. The van der Waals surface area contributed by atoms with Gasteiger partial charge in [-0.15, -0.1) is 11.3 Å². The first kappa shape index (κ1) is 13.7. The fourth-order valence-electron chi connectivity index (χ4n) is 1.86. The summed E-state index contributed by atoms with van der Waals surface area (Å²) in [6.07, 6.45) is 0.700. The summed E-state index contributed by atoms with van der Waals surface area (Å²) in [6, 6.07) is 9.27. The molecule has 2 N–H and O–H groups in total. The van der Waals surface area contributed by atoms with Crippen LogP contribution in [0.15, 0.2) is 34.1 Å². The minimum Gasteiger partial charge on any atom is -0.321 e. The summed E-state index contributed by atoms with van der Waals surface area (Å²) in [4.78, 5) is 1.19. The summed E-state index contributed by atoms with van der Waals surface area (Å²) < 4.78 is 14.7. The van der Waals surface area contributed by atoms with E-state index in [9.17, 15) is 4.39 Å². The second kappa shape index (κ2) is 5.11. The number of hydrogen-bond acceptors (Lipinski definition) is 2. The summed E-state index contributed by atoms with van der Waals surface area (Å²) in [5.74, 6) is -0.198. The molecule has 2 aromatic rings. The zero-order chi connectivity index (χ0) is 13.3. The van der Waals surface area contributed by atoms with Gasteiger partial charge in [0, 0.05) is 16.8 Å². The lowest BCUT2D eigenvalue weighted by Crippen LogP contribution is -2.35. The van der Waals surface area contributed by atoms with Crippen molar-refractivity contribution in [1.82, 2.24) is 0 Å². The lowest BCUT2D eigenvalue weighted by Gasteiger charge is -2.25. The summed E-state index contributed by atoms with van der Waals surface area (Å²) in [5, 5.41) is 0. The fraction of sp³-hybridized carbons (Fsp3) is 0.286. The predicted molar refractivity (Wildman–Crippen MR) is 78.4 cm³/mol. The maximum absolute atomic E-state index is 13.6. The largest absolute Gasteiger partial charge is 0.321 e. The number of benzene rings is 1. The van der Waals surface area contributed by atoms with Crippen LogP contribution in [-0.2, 0) is 12.0 Å². The Bertz CT molecular complexity index is 563. The number of hydrogen-bond donors (Lipinski definition) is 1. The van der Waals surface area contributed by atoms with Crippen molar-refractivity contribution in [1.29, 1.82) is 0 Å². The maximum Gasteiger partial charge on any atom is 0.126 e. The van der Waals surface area contributed by atoms with Crippen molar-refractivity contribution in [3.63, 3.8) is 0 Å².